The zero-order valence-electron chi connectivity index (χ0n) is 10.2. The van der Waals surface area contributed by atoms with Crippen molar-refractivity contribution in [3.63, 3.8) is 0 Å². The van der Waals surface area contributed by atoms with Crippen molar-refractivity contribution in [3.05, 3.63) is 18.0 Å². The monoisotopic (exact) mass is 233 g/mol. The maximum atomic E-state index is 12.4. The predicted molar refractivity (Wildman–Crippen MR) is 64.5 cm³/mol. The predicted octanol–water partition coefficient (Wildman–Crippen LogP) is 1.46. The van der Waals surface area contributed by atoms with Crippen LogP contribution in [0.1, 0.15) is 36.5 Å². The Morgan fingerprint density at radius 3 is 2.88 bits per heavy atom. The summed E-state index contributed by atoms with van der Waals surface area (Å²) in [7, 11) is 0. The number of nitrogens with zero attached hydrogens (tertiary/aromatic N) is 2. The van der Waals surface area contributed by atoms with Crippen molar-refractivity contribution < 1.29 is 4.79 Å². The van der Waals surface area contributed by atoms with Crippen LogP contribution in [0.5, 0.6) is 0 Å². The van der Waals surface area contributed by atoms with Crippen molar-refractivity contribution in [1.82, 2.24) is 9.78 Å². The van der Waals surface area contributed by atoms with Gasteiger partial charge in [0.2, 0.25) is 0 Å². The molecule has 0 radical (unpaired) electrons. The van der Waals surface area contributed by atoms with Gasteiger partial charge < -0.3 is 5.73 Å². The van der Waals surface area contributed by atoms with Crippen LogP contribution in [0.4, 0.5) is 0 Å². The van der Waals surface area contributed by atoms with E-state index >= 15 is 0 Å². The van der Waals surface area contributed by atoms with E-state index < -0.39 is 0 Å². The van der Waals surface area contributed by atoms with Gasteiger partial charge in [-0.05, 0) is 38.0 Å². The molecule has 4 heteroatoms. The number of carbonyl (C=O) groups is 1. The summed E-state index contributed by atoms with van der Waals surface area (Å²) in [5, 5.41) is 4.17. The van der Waals surface area contributed by atoms with Crippen molar-refractivity contribution in [3.8, 4) is 0 Å². The summed E-state index contributed by atoms with van der Waals surface area (Å²) in [6.45, 7) is 2.82. The third-order valence-corrected chi connectivity index (χ3v) is 4.53. The standard InChI is InChI=1S/C13H19N3O/c1-2-16-7-10(6-15-16)13(17)11-8-3-4-9(5-8)12(11)14/h6-9,11-12H,2-5,14H2,1H3. The summed E-state index contributed by atoms with van der Waals surface area (Å²) in [5.74, 6) is 1.36. The second-order valence-corrected chi connectivity index (χ2v) is 5.39. The Hall–Kier alpha value is -1.16. The molecule has 2 N–H and O–H groups in total. The average Bonchev–Trinajstić information content (AvgIpc) is 3.03. The molecule has 4 nitrogen and oxygen atoms in total. The van der Waals surface area contributed by atoms with E-state index in [1.54, 1.807) is 10.9 Å². The van der Waals surface area contributed by atoms with Crippen molar-refractivity contribution in [2.75, 3.05) is 0 Å². The topological polar surface area (TPSA) is 60.9 Å². The van der Waals surface area contributed by atoms with E-state index in [0.29, 0.717) is 11.8 Å². The Morgan fingerprint density at radius 1 is 1.53 bits per heavy atom. The first-order valence-electron chi connectivity index (χ1n) is 6.53. The van der Waals surface area contributed by atoms with E-state index in [1.165, 1.54) is 12.8 Å². The molecule has 92 valence electrons. The van der Waals surface area contributed by atoms with Gasteiger partial charge in [-0.15, -0.1) is 0 Å². The average molecular weight is 233 g/mol. The number of aromatic nitrogens is 2. The van der Waals surface area contributed by atoms with E-state index in [4.69, 9.17) is 5.73 Å². The Labute approximate surface area is 101 Å². The number of fused-ring (bicyclic) bond motifs is 2. The molecule has 2 fully saturated rings. The highest BCUT2D eigenvalue weighted by atomic mass is 16.1. The first kappa shape index (κ1) is 11.0. The van der Waals surface area contributed by atoms with Gasteiger partial charge in [0.25, 0.3) is 0 Å². The third kappa shape index (κ3) is 1.62. The van der Waals surface area contributed by atoms with E-state index in [2.05, 4.69) is 5.10 Å². The quantitative estimate of drug-likeness (QED) is 0.804. The summed E-state index contributed by atoms with van der Waals surface area (Å²) in [6, 6.07) is 0.0752. The molecular formula is C13H19N3O. The van der Waals surface area contributed by atoms with Crippen LogP contribution in [0.25, 0.3) is 0 Å². The molecule has 2 aliphatic carbocycles. The Kier molecular flexibility index (Phi) is 2.54. The van der Waals surface area contributed by atoms with Crippen LogP contribution in [-0.4, -0.2) is 21.6 Å². The van der Waals surface area contributed by atoms with Crippen LogP contribution >= 0.6 is 0 Å². The lowest BCUT2D eigenvalue weighted by Crippen LogP contribution is -2.40. The van der Waals surface area contributed by atoms with Gasteiger partial charge in [-0.2, -0.15) is 5.10 Å². The molecule has 1 heterocycles. The van der Waals surface area contributed by atoms with Gasteiger partial charge in [0.05, 0.1) is 11.8 Å². The van der Waals surface area contributed by atoms with Crippen LogP contribution < -0.4 is 5.73 Å². The number of nitrogens with two attached hydrogens (primary N) is 1. The molecule has 4 unspecified atom stereocenters. The van der Waals surface area contributed by atoms with Crippen LogP contribution in [0.2, 0.25) is 0 Å². The Balaban J connectivity index is 1.82. The fourth-order valence-electron chi connectivity index (χ4n) is 3.58. The van der Waals surface area contributed by atoms with Gasteiger partial charge >= 0.3 is 0 Å². The third-order valence-electron chi connectivity index (χ3n) is 4.53. The molecule has 2 aliphatic rings. The van der Waals surface area contributed by atoms with Crippen LogP contribution in [-0.2, 0) is 6.54 Å². The van der Waals surface area contributed by atoms with Crippen molar-refractivity contribution in [2.24, 2.45) is 23.5 Å². The number of hydrogen-bond donors (Lipinski definition) is 1. The van der Waals surface area contributed by atoms with Gasteiger partial charge in [-0.3, -0.25) is 9.48 Å². The fourth-order valence-corrected chi connectivity index (χ4v) is 3.58. The van der Waals surface area contributed by atoms with Gasteiger partial charge in [-0.1, -0.05) is 0 Å². The molecule has 0 aromatic carbocycles. The SMILES string of the molecule is CCn1cc(C(=O)C2C3CCC(C3)C2N)cn1. The summed E-state index contributed by atoms with van der Waals surface area (Å²) >= 11 is 0. The number of hydrogen-bond acceptors (Lipinski definition) is 3. The number of ketones is 1. The van der Waals surface area contributed by atoms with Gasteiger partial charge in [-0.25, -0.2) is 0 Å². The zero-order chi connectivity index (χ0) is 12.0. The summed E-state index contributed by atoms with van der Waals surface area (Å²) in [6.07, 6.45) is 7.08. The molecule has 2 bridgehead atoms. The molecule has 0 spiro atoms. The highest BCUT2D eigenvalue weighted by molar-refractivity contribution is 5.98. The molecule has 0 amide bonds. The second kappa shape index (κ2) is 3.95. The Bertz CT molecular complexity index is 438. The van der Waals surface area contributed by atoms with E-state index in [-0.39, 0.29) is 17.7 Å². The lowest BCUT2D eigenvalue weighted by Gasteiger charge is -2.26. The normalized spacial score (nSPS) is 35.4. The minimum Gasteiger partial charge on any atom is -0.327 e. The molecule has 1 aromatic rings. The van der Waals surface area contributed by atoms with Crippen LogP contribution in [0.3, 0.4) is 0 Å². The number of carbonyl (C=O) groups excluding carboxylic acids is 1. The molecule has 0 saturated heterocycles. The molecule has 0 aliphatic heterocycles. The molecular weight excluding hydrogens is 214 g/mol. The summed E-state index contributed by atoms with van der Waals surface area (Å²) < 4.78 is 1.80. The molecule has 3 rings (SSSR count). The fraction of sp³-hybridized carbons (Fsp3) is 0.692. The number of Topliss-reactive ketones (excluding diaryl/α,β-unsaturated/α-hetero) is 1. The molecule has 17 heavy (non-hydrogen) atoms. The van der Waals surface area contributed by atoms with Crippen LogP contribution in [0, 0.1) is 17.8 Å². The first-order chi connectivity index (χ1) is 8.20. The molecule has 1 aromatic heterocycles. The van der Waals surface area contributed by atoms with Gasteiger partial charge in [0.1, 0.15) is 0 Å². The van der Waals surface area contributed by atoms with E-state index in [9.17, 15) is 4.79 Å². The summed E-state index contributed by atoms with van der Waals surface area (Å²) in [4.78, 5) is 12.4. The maximum absolute atomic E-state index is 12.4. The minimum absolute atomic E-state index is 0.0447. The van der Waals surface area contributed by atoms with E-state index in [0.717, 1.165) is 18.5 Å². The smallest absolute Gasteiger partial charge is 0.170 e. The minimum atomic E-state index is 0.0447. The largest absolute Gasteiger partial charge is 0.327 e. The van der Waals surface area contributed by atoms with Gasteiger partial charge in [0.15, 0.2) is 5.78 Å². The highest BCUT2D eigenvalue weighted by Gasteiger charge is 2.49. The molecule has 2 saturated carbocycles. The molecule has 4 atom stereocenters. The Morgan fingerprint density at radius 2 is 2.29 bits per heavy atom. The van der Waals surface area contributed by atoms with Crippen molar-refractivity contribution in [2.45, 2.75) is 38.8 Å². The van der Waals surface area contributed by atoms with E-state index in [1.807, 2.05) is 13.1 Å². The van der Waals surface area contributed by atoms with Crippen LogP contribution in [0.15, 0.2) is 12.4 Å². The number of rotatable bonds is 3. The summed E-state index contributed by atoms with van der Waals surface area (Å²) in [5.41, 5.74) is 6.93. The lowest BCUT2D eigenvalue weighted by molar-refractivity contribution is 0.0856. The van der Waals surface area contributed by atoms with Gasteiger partial charge in [0, 0.05) is 24.7 Å². The maximum Gasteiger partial charge on any atom is 0.170 e. The van der Waals surface area contributed by atoms with Crippen molar-refractivity contribution in [1.29, 1.82) is 0 Å². The second-order valence-electron chi connectivity index (χ2n) is 5.39. The number of aryl methyl sites for hydroxylation is 1. The zero-order valence-corrected chi connectivity index (χ0v) is 10.2. The van der Waals surface area contributed by atoms with Crippen molar-refractivity contribution >= 4 is 5.78 Å². The lowest BCUT2D eigenvalue weighted by atomic mass is 9.80. The highest BCUT2D eigenvalue weighted by Crippen LogP contribution is 2.48. The first-order valence-corrected chi connectivity index (χ1v) is 6.53.